The van der Waals surface area contributed by atoms with Crippen LogP contribution in [0.1, 0.15) is 58.1 Å². The zero-order valence-corrected chi connectivity index (χ0v) is 28.8. The summed E-state index contributed by atoms with van der Waals surface area (Å²) >= 11 is 6.54. The SMILES string of the molecule is CCCc1ccc(Nc2ncnc3cc(OC)c(CC(C)(C)[C@H](NC(=O)[C@H](C)NC)C(=O)NC(=O)[C@@H]4CCCN4)cc23)cc1Cl.Cl. The van der Waals surface area contributed by atoms with Crippen LogP contribution in [0.25, 0.3) is 10.9 Å². The molecule has 250 valence electrons. The van der Waals surface area contributed by atoms with Crippen LogP contribution in [0.4, 0.5) is 11.5 Å². The number of hydrogen-bond donors (Lipinski definition) is 5. The second-order valence-corrected chi connectivity index (χ2v) is 12.6. The third-order valence-corrected chi connectivity index (χ3v) is 8.65. The Kier molecular flexibility index (Phi) is 13.1. The molecule has 3 aromatic rings. The number of halogens is 2. The molecule has 0 bridgehead atoms. The predicted octanol–water partition coefficient (Wildman–Crippen LogP) is 4.47. The number of anilines is 2. The molecule has 3 amide bonds. The maximum atomic E-state index is 13.6. The number of aromatic nitrogens is 2. The van der Waals surface area contributed by atoms with Gasteiger partial charge in [0, 0.05) is 22.2 Å². The summed E-state index contributed by atoms with van der Waals surface area (Å²) in [6.07, 6.45) is 5.21. The van der Waals surface area contributed by atoms with Crippen LogP contribution >= 0.6 is 24.0 Å². The van der Waals surface area contributed by atoms with Gasteiger partial charge in [-0.15, -0.1) is 12.4 Å². The molecule has 3 atom stereocenters. The summed E-state index contributed by atoms with van der Waals surface area (Å²) in [6.45, 7) is 8.29. The zero-order chi connectivity index (χ0) is 32.7. The van der Waals surface area contributed by atoms with Crippen molar-refractivity contribution in [3.05, 3.63) is 52.8 Å². The monoisotopic (exact) mass is 673 g/mol. The Labute approximate surface area is 281 Å². The van der Waals surface area contributed by atoms with Crippen molar-refractivity contribution in [2.75, 3.05) is 26.0 Å². The van der Waals surface area contributed by atoms with Crippen molar-refractivity contribution in [2.45, 2.75) is 77.9 Å². The maximum absolute atomic E-state index is 13.6. The molecule has 0 radical (unpaired) electrons. The van der Waals surface area contributed by atoms with E-state index >= 15 is 0 Å². The Balaban J connectivity index is 0.00000576. The third kappa shape index (κ3) is 8.85. The van der Waals surface area contributed by atoms with E-state index in [1.807, 2.05) is 44.2 Å². The number of imide groups is 1. The summed E-state index contributed by atoms with van der Waals surface area (Å²) in [6, 6.07) is 7.62. The van der Waals surface area contributed by atoms with Gasteiger partial charge in [-0.1, -0.05) is 44.9 Å². The molecule has 1 aliphatic heterocycles. The molecule has 0 unspecified atom stereocenters. The van der Waals surface area contributed by atoms with E-state index in [0.29, 0.717) is 34.9 Å². The summed E-state index contributed by atoms with van der Waals surface area (Å²) < 4.78 is 5.76. The molecular weight excluding hydrogens is 629 g/mol. The molecule has 13 heteroatoms. The normalized spacial score (nSPS) is 15.8. The van der Waals surface area contributed by atoms with Crippen LogP contribution in [0, 0.1) is 5.41 Å². The third-order valence-electron chi connectivity index (χ3n) is 8.30. The van der Waals surface area contributed by atoms with Crippen LogP contribution in [-0.2, 0) is 27.2 Å². The van der Waals surface area contributed by atoms with Crippen LogP contribution in [0.2, 0.25) is 5.02 Å². The average Bonchev–Trinajstić information content (AvgIpc) is 3.56. The van der Waals surface area contributed by atoms with Gasteiger partial charge in [-0.2, -0.15) is 0 Å². The van der Waals surface area contributed by atoms with Crippen LogP contribution in [0.5, 0.6) is 5.75 Å². The molecule has 4 rings (SSSR count). The first-order valence-electron chi connectivity index (χ1n) is 15.4. The van der Waals surface area contributed by atoms with Gasteiger partial charge in [0.25, 0.3) is 0 Å². The fourth-order valence-electron chi connectivity index (χ4n) is 5.59. The lowest BCUT2D eigenvalue weighted by Crippen LogP contribution is -2.59. The summed E-state index contributed by atoms with van der Waals surface area (Å²) in [4.78, 5) is 48.5. The number of benzene rings is 2. The van der Waals surface area contributed by atoms with E-state index in [1.165, 1.54) is 6.33 Å². The largest absolute Gasteiger partial charge is 0.496 e. The summed E-state index contributed by atoms with van der Waals surface area (Å²) in [5.74, 6) is -0.155. The highest BCUT2D eigenvalue weighted by Crippen LogP contribution is 2.36. The van der Waals surface area contributed by atoms with Crippen molar-refractivity contribution in [3.63, 3.8) is 0 Å². The van der Waals surface area contributed by atoms with Gasteiger partial charge in [0.1, 0.15) is 23.9 Å². The van der Waals surface area contributed by atoms with Gasteiger partial charge in [-0.25, -0.2) is 9.97 Å². The summed E-state index contributed by atoms with van der Waals surface area (Å²) in [5.41, 5.74) is 2.46. The standard InChI is InChI=1S/C33H44ClN7O4.ClH/c1-7-9-20-11-12-22(15-24(20)34)39-29-23-14-21(27(45-6)16-26(23)37-18-38-29)17-33(3,4)28(40-30(42)19(2)35-5)32(44)41-31(43)25-10-8-13-36-25;/h11-12,14-16,18-19,25,28,35-36H,7-10,13,17H2,1-6H3,(H,40,42)(H,37,38,39)(H,41,43,44);1H/t19-,25-,28+;/m0./s1. The molecule has 1 aromatic heterocycles. The Hall–Kier alpha value is -3.51. The molecule has 0 aliphatic carbocycles. The van der Waals surface area contributed by atoms with Gasteiger partial charge < -0.3 is 26.0 Å². The van der Waals surface area contributed by atoms with Crippen molar-refractivity contribution in [2.24, 2.45) is 5.41 Å². The Morgan fingerprint density at radius 1 is 1.13 bits per heavy atom. The number of nitrogens with zero attached hydrogens (tertiary/aromatic N) is 2. The molecular formula is C33H45Cl2N7O4. The molecule has 1 fully saturated rings. The molecule has 11 nitrogen and oxygen atoms in total. The molecule has 1 saturated heterocycles. The Bertz CT molecular complexity index is 1550. The number of nitrogens with one attached hydrogen (secondary N) is 5. The first kappa shape index (κ1) is 37.0. The predicted molar refractivity (Wildman–Crippen MR) is 184 cm³/mol. The molecule has 0 spiro atoms. The highest BCUT2D eigenvalue weighted by molar-refractivity contribution is 6.31. The number of fused-ring (bicyclic) bond motifs is 1. The first-order valence-corrected chi connectivity index (χ1v) is 15.8. The van der Waals surface area contributed by atoms with Crippen LogP contribution in [0.3, 0.4) is 0 Å². The highest BCUT2D eigenvalue weighted by Gasteiger charge is 2.39. The number of carbonyl (C=O) groups is 3. The lowest BCUT2D eigenvalue weighted by molar-refractivity contribution is -0.137. The van der Waals surface area contributed by atoms with Gasteiger partial charge in [0.2, 0.25) is 17.7 Å². The van der Waals surface area contributed by atoms with Crippen molar-refractivity contribution in [1.29, 1.82) is 0 Å². The van der Waals surface area contributed by atoms with Gasteiger partial charge >= 0.3 is 0 Å². The number of ether oxygens (including phenoxy) is 1. The van der Waals surface area contributed by atoms with E-state index in [2.05, 4.69) is 43.5 Å². The van der Waals surface area contributed by atoms with Crippen LogP contribution in [0.15, 0.2) is 36.7 Å². The first-order chi connectivity index (χ1) is 21.5. The van der Waals surface area contributed by atoms with Gasteiger partial charge in [0.05, 0.1) is 24.7 Å². The highest BCUT2D eigenvalue weighted by atomic mass is 35.5. The second kappa shape index (κ2) is 16.4. The number of hydrogen-bond acceptors (Lipinski definition) is 9. The number of methoxy groups -OCH3 is 1. The number of rotatable bonds is 13. The van der Waals surface area contributed by atoms with Crippen molar-refractivity contribution < 1.29 is 19.1 Å². The topological polar surface area (TPSA) is 146 Å². The van der Waals surface area contributed by atoms with Crippen LogP contribution in [-0.4, -0.2) is 66.5 Å². The molecule has 1 aliphatic rings. The van der Waals surface area contributed by atoms with Gasteiger partial charge in [-0.3, -0.25) is 19.7 Å². The van der Waals surface area contributed by atoms with Gasteiger partial charge in [-0.05, 0) is 80.9 Å². The Morgan fingerprint density at radius 2 is 1.89 bits per heavy atom. The second-order valence-electron chi connectivity index (χ2n) is 12.2. The number of aryl methyl sites for hydroxylation is 1. The molecule has 0 saturated carbocycles. The summed E-state index contributed by atoms with van der Waals surface area (Å²) in [7, 11) is 3.24. The van der Waals surface area contributed by atoms with E-state index in [1.54, 1.807) is 21.1 Å². The number of likely N-dealkylation sites (N-methyl/N-ethyl adjacent to an activating group) is 1. The van der Waals surface area contributed by atoms with Crippen molar-refractivity contribution in [3.8, 4) is 5.75 Å². The average molecular weight is 675 g/mol. The molecule has 2 aromatic carbocycles. The molecule has 46 heavy (non-hydrogen) atoms. The lowest BCUT2D eigenvalue weighted by Gasteiger charge is -2.35. The lowest BCUT2D eigenvalue weighted by atomic mass is 9.77. The van der Waals surface area contributed by atoms with Crippen molar-refractivity contribution >= 4 is 64.1 Å². The number of carbonyl (C=O) groups excluding carboxylic acids is 3. The maximum Gasteiger partial charge on any atom is 0.249 e. The fourth-order valence-corrected chi connectivity index (χ4v) is 5.86. The molecule has 5 N–H and O–H groups in total. The van der Waals surface area contributed by atoms with E-state index in [-0.39, 0.29) is 18.3 Å². The Morgan fingerprint density at radius 3 is 2.52 bits per heavy atom. The fraction of sp³-hybridized carbons (Fsp3) is 0.485. The molecule has 2 heterocycles. The number of amides is 3. The van der Waals surface area contributed by atoms with E-state index < -0.39 is 35.4 Å². The van der Waals surface area contributed by atoms with E-state index in [4.69, 9.17) is 16.3 Å². The minimum Gasteiger partial charge on any atom is -0.496 e. The van der Waals surface area contributed by atoms with Crippen LogP contribution < -0.4 is 31.3 Å². The smallest absolute Gasteiger partial charge is 0.249 e. The van der Waals surface area contributed by atoms with E-state index in [0.717, 1.165) is 48.0 Å². The quantitative estimate of drug-likeness (QED) is 0.177. The minimum atomic E-state index is -1.03. The van der Waals surface area contributed by atoms with E-state index in [9.17, 15) is 14.4 Å². The zero-order valence-electron chi connectivity index (χ0n) is 27.3. The van der Waals surface area contributed by atoms with Crippen molar-refractivity contribution in [1.82, 2.24) is 31.2 Å². The van der Waals surface area contributed by atoms with Gasteiger partial charge in [0.15, 0.2) is 0 Å². The summed E-state index contributed by atoms with van der Waals surface area (Å²) in [5, 5.41) is 16.2. The minimum absolute atomic E-state index is 0.